The molecule has 0 atom stereocenters. The van der Waals surface area contributed by atoms with Crippen LogP contribution in [0, 0.1) is 12.7 Å². The number of benzene rings is 2. The summed E-state index contributed by atoms with van der Waals surface area (Å²) in [5, 5.41) is 2.69. The van der Waals surface area contributed by atoms with Crippen LogP contribution in [0.15, 0.2) is 46.4 Å². The summed E-state index contributed by atoms with van der Waals surface area (Å²) in [7, 11) is 0. The van der Waals surface area contributed by atoms with Crippen molar-refractivity contribution >= 4 is 33.6 Å². The molecule has 0 aromatic heterocycles. The molecule has 1 aliphatic rings. The number of carbonyl (C=O) groups is 1. The van der Waals surface area contributed by atoms with Crippen molar-refractivity contribution in [1.82, 2.24) is 0 Å². The molecule has 2 aromatic rings. The average Bonchev–Trinajstić information content (AvgIpc) is 2.50. The fraction of sp³-hybridized carbons (Fsp3) is 0.118. The monoisotopic (exact) mass is 361 g/mol. The predicted molar refractivity (Wildman–Crippen MR) is 87.4 cm³/mol. The molecule has 0 saturated heterocycles. The van der Waals surface area contributed by atoms with Gasteiger partial charge in [-0.1, -0.05) is 22.0 Å². The number of nitrogens with one attached hydrogen (secondary N) is 1. The number of ether oxygens (including phenoxy) is 1. The van der Waals surface area contributed by atoms with Crippen LogP contribution in [0.5, 0.6) is 5.75 Å². The van der Waals surface area contributed by atoms with E-state index in [9.17, 15) is 9.18 Å². The Hall–Kier alpha value is -2.14. The molecule has 1 heterocycles. The van der Waals surface area contributed by atoms with Crippen molar-refractivity contribution in [3.8, 4) is 5.75 Å². The summed E-state index contributed by atoms with van der Waals surface area (Å²) < 4.78 is 20.0. The van der Waals surface area contributed by atoms with E-state index < -0.39 is 0 Å². The number of rotatable bonds is 2. The normalized spacial score (nSPS) is 13.0. The smallest absolute Gasteiger partial charge is 0.255 e. The quantitative estimate of drug-likeness (QED) is 0.865. The maximum Gasteiger partial charge on any atom is 0.255 e. The van der Waals surface area contributed by atoms with E-state index >= 15 is 0 Å². The molecule has 22 heavy (non-hydrogen) atoms. The van der Waals surface area contributed by atoms with E-state index in [0.717, 1.165) is 15.8 Å². The number of hydrogen-bond acceptors (Lipinski definition) is 2. The molecule has 3 nitrogen and oxygen atoms in total. The Bertz CT molecular complexity index is 786. The highest BCUT2D eigenvalue weighted by molar-refractivity contribution is 9.10. The summed E-state index contributed by atoms with van der Waals surface area (Å²) in [6.07, 6.45) is 1.78. The van der Waals surface area contributed by atoms with Crippen molar-refractivity contribution in [3.05, 3.63) is 63.4 Å². The highest BCUT2D eigenvalue weighted by atomic mass is 79.9. The lowest BCUT2D eigenvalue weighted by molar-refractivity contribution is -0.113. The summed E-state index contributed by atoms with van der Waals surface area (Å²) in [5.41, 5.74) is 2.29. The van der Waals surface area contributed by atoms with Gasteiger partial charge in [0.1, 0.15) is 18.2 Å². The minimum absolute atomic E-state index is 0.189. The Morgan fingerprint density at radius 1 is 1.27 bits per heavy atom. The topological polar surface area (TPSA) is 38.3 Å². The van der Waals surface area contributed by atoms with Gasteiger partial charge in [-0.25, -0.2) is 4.39 Å². The number of hydrogen-bond donors (Lipinski definition) is 1. The maximum atomic E-state index is 13.5. The van der Waals surface area contributed by atoms with Gasteiger partial charge in [-0.3, -0.25) is 4.79 Å². The first-order valence-corrected chi connectivity index (χ1v) is 7.52. The fourth-order valence-corrected chi connectivity index (χ4v) is 2.54. The van der Waals surface area contributed by atoms with Crippen LogP contribution < -0.4 is 10.1 Å². The summed E-state index contributed by atoms with van der Waals surface area (Å²) in [5.74, 6) is 0.0935. The first-order valence-electron chi connectivity index (χ1n) is 6.73. The van der Waals surface area contributed by atoms with Gasteiger partial charge in [0.15, 0.2) is 0 Å². The molecule has 1 amide bonds. The van der Waals surface area contributed by atoms with Gasteiger partial charge in [0.05, 0.1) is 5.57 Å². The van der Waals surface area contributed by atoms with Crippen LogP contribution in [-0.4, -0.2) is 12.5 Å². The summed E-state index contributed by atoms with van der Waals surface area (Å²) in [6.45, 7) is 1.86. The minimum atomic E-state index is -0.346. The first-order chi connectivity index (χ1) is 10.5. The Kier molecular flexibility index (Phi) is 3.98. The van der Waals surface area contributed by atoms with Gasteiger partial charge in [0.25, 0.3) is 5.91 Å². The third-order valence-electron chi connectivity index (χ3n) is 3.41. The predicted octanol–water partition coefficient (Wildman–Crippen LogP) is 4.31. The van der Waals surface area contributed by atoms with Gasteiger partial charge < -0.3 is 10.1 Å². The summed E-state index contributed by atoms with van der Waals surface area (Å²) in [4.78, 5) is 12.3. The lowest BCUT2D eigenvalue weighted by Crippen LogP contribution is -2.21. The van der Waals surface area contributed by atoms with E-state index in [0.29, 0.717) is 16.8 Å². The van der Waals surface area contributed by atoms with E-state index in [1.807, 2.05) is 18.2 Å². The standard InChI is InChI=1S/C17H13BrFNO2/c1-10-2-4-14(8-15(10)19)20-17(21)12-6-11-7-13(18)3-5-16(11)22-9-12/h2-8H,9H2,1H3,(H,20,21). The Morgan fingerprint density at radius 3 is 2.86 bits per heavy atom. The van der Waals surface area contributed by atoms with Crippen molar-refractivity contribution in [2.45, 2.75) is 6.92 Å². The zero-order valence-corrected chi connectivity index (χ0v) is 13.4. The van der Waals surface area contributed by atoms with Crippen LogP contribution in [0.2, 0.25) is 0 Å². The highest BCUT2D eigenvalue weighted by Crippen LogP contribution is 2.29. The molecular weight excluding hydrogens is 349 g/mol. The van der Waals surface area contributed by atoms with Gasteiger partial charge in [-0.05, 0) is 48.9 Å². The average molecular weight is 362 g/mol. The Labute approximate surface area is 135 Å². The number of anilines is 1. The van der Waals surface area contributed by atoms with Gasteiger partial charge in [0.2, 0.25) is 0 Å². The summed E-state index contributed by atoms with van der Waals surface area (Å²) in [6, 6.07) is 10.2. The van der Waals surface area contributed by atoms with Crippen molar-refractivity contribution in [3.63, 3.8) is 0 Å². The lowest BCUT2D eigenvalue weighted by atomic mass is 10.1. The molecule has 0 fully saturated rings. The number of carbonyl (C=O) groups excluding carboxylic acids is 1. The van der Waals surface area contributed by atoms with Crippen LogP contribution >= 0.6 is 15.9 Å². The van der Waals surface area contributed by atoms with E-state index in [1.54, 1.807) is 25.1 Å². The second-order valence-corrected chi connectivity index (χ2v) is 5.97. The Balaban J connectivity index is 1.82. The van der Waals surface area contributed by atoms with Crippen LogP contribution in [0.1, 0.15) is 11.1 Å². The number of amides is 1. The second-order valence-electron chi connectivity index (χ2n) is 5.06. The number of fused-ring (bicyclic) bond motifs is 1. The molecular formula is C17H13BrFNO2. The first kappa shape index (κ1) is 14.8. The van der Waals surface area contributed by atoms with Crippen LogP contribution in [-0.2, 0) is 4.79 Å². The van der Waals surface area contributed by atoms with Gasteiger partial charge >= 0.3 is 0 Å². The van der Waals surface area contributed by atoms with Crippen LogP contribution in [0.3, 0.4) is 0 Å². The van der Waals surface area contributed by atoms with Crippen molar-refractivity contribution in [2.24, 2.45) is 0 Å². The fourth-order valence-electron chi connectivity index (χ4n) is 2.16. The van der Waals surface area contributed by atoms with E-state index in [-0.39, 0.29) is 18.3 Å². The van der Waals surface area contributed by atoms with Gasteiger partial charge in [-0.2, -0.15) is 0 Å². The molecule has 0 bridgehead atoms. The number of aryl methyl sites for hydroxylation is 1. The highest BCUT2D eigenvalue weighted by Gasteiger charge is 2.17. The van der Waals surface area contributed by atoms with Gasteiger partial charge in [-0.15, -0.1) is 0 Å². The molecule has 3 rings (SSSR count). The zero-order valence-electron chi connectivity index (χ0n) is 11.8. The molecule has 0 spiro atoms. The SMILES string of the molecule is Cc1ccc(NC(=O)C2=Cc3cc(Br)ccc3OC2)cc1F. The van der Waals surface area contributed by atoms with Crippen LogP contribution in [0.25, 0.3) is 6.08 Å². The van der Waals surface area contributed by atoms with Crippen LogP contribution in [0.4, 0.5) is 10.1 Å². The largest absolute Gasteiger partial charge is 0.488 e. The maximum absolute atomic E-state index is 13.5. The third-order valence-corrected chi connectivity index (χ3v) is 3.90. The molecule has 1 N–H and O–H groups in total. The zero-order chi connectivity index (χ0) is 15.7. The Morgan fingerprint density at radius 2 is 2.09 bits per heavy atom. The molecule has 5 heteroatoms. The number of halogens is 2. The van der Waals surface area contributed by atoms with E-state index in [1.165, 1.54) is 6.07 Å². The molecule has 1 aliphatic heterocycles. The minimum Gasteiger partial charge on any atom is -0.488 e. The van der Waals surface area contributed by atoms with Gasteiger partial charge in [0, 0.05) is 15.7 Å². The second kappa shape index (κ2) is 5.93. The summed E-state index contributed by atoms with van der Waals surface area (Å²) >= 11 is 3.39. The molecule has 0 saturated carbocycles. The van der Waals surface area contributed by atoms with Crippen molar-refractivity contribution in [2.75, 3.05) is 11.9 Å². The van der Waals surface area contributed by atoms with Crippen molar-refractivity contribution in [1.29, 1.82) is 0 Å². The molecule has 112 valence electrons. The van der Waals surface area contributed by atoms with E-state index in [4.69, 9.17) is 4.74 Å². The van der Waals surface area contributed by atoms with E-state index in [2.05, 4.69) is 21.2 Å². The lowest BCUT2D eigenvalue weighted by Gasteiger charge is -2.18. The van der Waals surface area contributed by atoms with Crippen molar-refractivity contribution < 1.29 is 13.9 Å². The molecule has 2 aromatic carbocycles. The molecule has 0 unspecified atom stereocenters. The molecule has 0 aliphatic carbocycles. The third kappa shape index (κ3) is 3.04. The molecule has 0 radical (unpaired) electrons.